The lowest BCUT2D eigenvalue weighted by Crippen LogP contribution is -2.35. The Morgan fingerprint density at radius 1 is 1.11 bits per heavy atom. The average molecular weight is 270 g/mol. The van der Waals surface area contributed by atoms with Crippen molar-refractivity contribution in [3.63, 3.8) is 0 Å². The van der Waals surface area contributed by atoms with E-state index in [4.69, 9.17) is 0 Å². The number of likely N-dealkylation sites (N-methyl/N-ethyl adjacent to an activating group) is 2. The standard InChI is InChI=1S/C15H24F2N2/c1-5-18-14(9-19(4)10-15(16)17)13-7-11(2)6-12(3)8-13/h6-8,14-15,18H,5,9-10H2,1-4H3. The third-order valence-corrected chi connectivity index (χ3v) is 3.04. The molecular weight excluding hydrogens is 246 g/mol. The van der Waals surface area contributed by atoms with Gasteiger partial charge in [0.25, 0.3) is 6.43 Å². The maximum absolute atomic E-state index is 12.4. The maximum atomic E-state index is 12.4. The third-order valence-electron chi connectivity index (χ3n) is 3.04. The van der Waals surface area contributed by atoms with E-state index in [1.165, 1.54) is 16.7 Å². The third kappa shape index (κ3) is 5.66. The molecule has 108 valence electrons. The molecule has 0 saturated carbocycles. The van der Waals surface area contributed by atoms with Crippen molar-refractivity contribution in [1.29, 1.82) is 0 Å². The van der Waals surface area contributed by atoms with E-state index in [0.717, 1.165) is 6.54 Å². The maximum Gasteiger partial charge on any atom is 0.251 e. The van der Waals surface area contributed by atoms with Crippen molar-refractivity contribution in [3.05, 3.63) is 34.9 Å². The van der Waals surface area contributed by atoms with Crippen LogP contribution in [0.3, 0.4) is 0 Å². The second kappa shape index (κ2) is 7.56. The molecule has 1 atom stereocenters. The highest BCUT2D eigenvalue weighted by Crippen LogP contribution is 2.18. The van der Waals surface area contributed by atoms with Crippen molar-refractivity contribution < 1.29 is 8.78 Å². The van der Waals surface area contributed by atoms with Crippen LogP contribution in [0.2, 0.25) is 0 Å². The SMILES string of the molecule is CCNC(CN(C)CC(F)F)c1cc(C)cc(C)c1. The Labute approximate surface area is 114 Å². The molecule has 0 aromatic heterocycles. The molecule has 0 radical (unpaired) electrons. The second-order valence-electron chi connectivity index (χ2n) is 5.14. The summed E-state index contributed by atoms with van der Waals surface area (Å²) in [5, 5.41) is 3.37. The van der Waals surface area contributed by atoms with Gasteiger partial charge >= 0.3 is 0 Å². The predicted molar refractivity (Wildman–Crippen MR) is 75.8 cm³/mol. The van der Waals surface area contributed by atoms with Crippen molar-refractivity contribution in [2.75, 3.05) is 26.7 Å². The normalized spacial score (nSPS) is 13.3. The van der Waals surface area contributed by atoms with Crippen LogP contribution in [-0.2, 0) is 0 Å². The van der Waals surface area contributed by atoms with Crippen LogP contribution in [0.5, 0.6) is 0 Å². The zero-order chi connectivity index (χ0) is 14.4. The molecule has 0 saturated heterocycles. The van der Waals surface area contributed by atoms with E-state index < -0.39 is 6.43 Å². The van der Waals surface area contributed by atoms with Crippen molar-refractivity contribution in [2.45, 2.75) is 33.2 Å². The Morgan fingerprint density at radius 2 is 1.68 bits per heavy atom. The highest BCUT2D eigenvalue weighted by molar-refractivity contribution is 5.30. The first-order valence-corrected chi connectivity index (χ1v) is 6.70. The fraction of sp³-hybridized carbons (Fsp3) is 0.600. The lowest BCUT2D eigenvalue weighted by Gasteiger charge is -2.25. The number of hydrogen-bond acceptors (Lipinski definition) is 2. The minimum absolute atomic E-state index is 0.0901. The molecule has 1 aromatic rings. The van der Waals surface area contributed by atoms with Gasteiger partial charge in [-0.2, -0.15) is 0 Å². The first-order valence-electron chi connectivity index (χ1n) is 6.70. The van der Waals surface area contributed by atoms with Crippen molar-refractivity contribution >= 4 is 0 Å². The summed E-state index contributed by atoms with van der Waals surface area (Å²) in [5.41, 5.74) is 3.57. The van der Waals surface area contributed by atoms with Gasteiger partial charge in [0.1, 0.15) is 0 Å². The zero-order valence-electron chi connectivity index (χ0n) is 12.2. The lowest BCUT2D eigenvalue weighted by atomic mass is 10.0. The van der Waals surface area contributed by atoms with Gasteiger partial charge < -0.3 is 5.32 Å². The number of benzene rings is 1. The molecule has 1 rings (SSSR count). The van der Waals surface area contributed by atoms with Crippen LogP contribution in [0.4, 0.5) is 8.78 Å². The highest BCUT2D eigenvalue weighted by Gasteiger charge is 2.16. The number of rotatable bonds is 7. The summed E-state index contributed by atoms with van der Waals surface area (Å²) in [4.78, 5) is 1.68. The van der Waals surface area contributed by atoms with E-state index in [0.29, 0.717) is 6.54 Å². The highest BCUT2D eigenvalue weighted by atomic mass is 19.3. The number of nitrogens with one attached hydrogen (secondary N) is 1. The van der Waals surface area contributed by atoms with Crippen LogP contribution < -0.4 is 5.32 Å². The van der Waals surface area contributed by atoms with Crippen molar-refractivity contribution in [3.8, 4) is 0 Å². The molecule has 0 aliphatic heterocycles. The quantitative estimate of drug-likeness (QED) is 0.819. The Bertz CT molecular complexity index is 373. The van der Waals surface area contributed by atoms with Gasteiger partial charge in [-0.25, -0.2) is 8.78 Å². The molecule has 19 heavy (non-hydrogen) atoms. The molecule has 1 unspecified atom stereocenters. The number of aryl methyl sites for hydroxylation is 2. The van der Waals surface area contributed by atoms with Gasteiger partial charge in [0.2, 0.25) is 0 Å². The van der Waals surface area contributed by atoms with Gasteiger partial charge in [-0.15, -0.1) is 0 Å². The summed E-state index contributed by atoms with van der Waals surface area (Å²) < 4.78 is 24.8. The average Bonchev–Trinajstić information content (AvgIpc) is 2.25. The Morgan fingerprint density at radius 3 is 2.16 bits per heavy atom. The predicted octanol–water partition coefficient (Wildman–Crippen LogP) is 3.15. The van der Waals surface area contributed by atoms with Crippen LogP contribution in [0.1, 0.15) is 29.7 Å². The fourth-order valence-corrected chi connectivity index (χ4v) is 2.37. The molecule has 0 aliphatic rings. The number of halogens is 2. The minimum Gasteiger partial charge on any atom is -0.309 e. The van der Waals surface area contributed by atoms with Crippen molar-refractivity contribution in [1.82, 2.24) is 10.2 Å². The Hall–Kier alpha value is -1.00. The monoisotopic (exact) mass is 270 g/mol. The minimum atomic E-state index is -2.29. The Kier molecular flexibility index (Phi) is 6.38. The molecule has 0 bridgehead atoms. The summed E-state index contributed by atoms with van der Waals surface area (Å²) in [6.07, 6.45) is -2.29. The van der Waals surface area contributed by atoms with Gasteiger partial charge in [0.15, 0.2) is 0 Å². The van der Waals surface area contributed by atoms with Gasteiger partial charge in [0, 0.05) is 12.6 Å². The molecule has 0 aliphatic carbocycles. The van der Waals surface area contributed by atoms with Gasteiger partial charge in [-0.3, -0.25) is 4.90 Å². The zero-order valence-corrected chi connectivity index (χ0v) is 12.2. The summed E-state index contributed by atoms with van der Waals surface area (Å²) in [5.74, 6) is 0. The van der Waals surface area contributed by atoms with Crippen LogP contribution in [-0.4, -0.2) is 38.0 Å². The molecular formula is C15H24F2N2. The van der Waals surface area contributed by atoms with Gasteiger partial charge in [0.05, 0.1) is 6.54 Å². The van der Waals surface area contributed by atoms with Crippen LogP contribution in [0.15, 0.2) is 18.2 Å². The van der Waals surface area contributed by atoms with E-state index in [9.17, 15) is 8.78 Å². The van der Waals surface area contributed by atoms with E-state index >= 15 is 0 Å². The van der Waals surface area contributed by atoms with Crippen LogP contribution >= 0.6 is 0 Å². The lowest BCUT2D eigenvalue weighted by molar-refractivity contribution is 0.0959. The molecule has 0 fully saturated rings. The van der Waals surface area contributed by atoms with E-state index in [2.05, 4.69) is 37.4 Å². The van der Waals surface area contributed by atoms with E-state index in [1.54, 1.807) is 11.9 Å². The van der Waals surface area contributed by atoms with Crippen LogP contribution in [0, 0.1) is 13.8 Å². The molecule has 0 amide bonds. The summed E-state index contributed by atoms with van der Waals surface area (Å²) in [6.45, 7) is 7.36. The Balaban J connectivity index is 2.81. The molecule has 1 aromatic carbocycles. The molecule has 4 heteroatoms. The number of alkyl halides is 2. The van der Waals surface area contributed by atoms with Gasteiger partial charge in [-0.05, 0) is 33.0 Å². The van der Waals surface area contributed by atoms with Crippen LogP contribution in [0.25, 0.3) is 0 Å². The van der Waals surface area contributed by atoms with E-state index in [1.807, 2.05) is 6.92 Å². The summed E-state index contributed by atoms with van der Waals surface area (Å²) >= 11 is 0. The first kappa shape index (κ1) is 16.1. The fourth-order valence-electron chi connectivity index (χ4n) is 2.37. The summed E-state index contributed by atoms with van der Waals surface area (Å²) in [7, 11) is 1.74. The number of hydrogen-bond donors (Lipinski definition) is 1. The topological polar surface area (TPSA) is 15.3 Å². The molecule has 0 heterocycles. The molecule has 2 nitrogen and oxygen atoms in total. The summed E-state index contributed by atoms with van der Waals surface area (Å²) in [6, 6.07) is 6.45. The molecule has 0 spiro atoms. The van der Waals surface area contributed by atoms with Gasteiger partial charge in [-0.1, -0.05) is 36.2 Å². The smallest absolute Gasteiger partial charge is 0.251 e. The van der Waals surface area contributed by atoms with Crippen molar-refractivity contribution in [2.24, 2.45) is 0 Å². The van der Waals surface area contributed by atoms with E-state index in [-0.39, 0.29) is 12.6 Å². The largest absolute Gasteiger partial charge is 0.309 e. The first-order chi connectivity index (χ1) is 8.92. The molecule has 1 N–H and O–H groups in total. The second-order valence-corrected chi connectivity index (χ2v) is 5.14. The number of nitrogens with zero attached hydrogens (tertiary/aromatic N) is 1.